The largest absolute Gasteiger partial charge is 0.342 e. The second-order valence-electron chi connectivity index (χ2n) is 8.40. The zero-order valence-electron chi connectivity index (χ0n) is 18.9. The lowest BCUT2D eigenvalue weighted by atomic mass is 10.1. The summed E-state index contributed by atoms with van der Waals surface area (Å²) in [5, 5.41) is 11.9. The number of carbonyl (C=O) groups is 3. The third-order valence-corrected chi connectivity index (χ3v) is 6.25. The van der Waals surface area contributed by atoms with Crippen LogP contribution in [0, 0.1) is 5.92 Å². The number of nitrogens with one attached hydrogen (secondary N) is 2. The van der Waals surface area contributed by atoms with Gasteiger partial charge in [0, 0.05) is 43.1 Å². The number of likely N-dealkylation sites (tertiary alicyclic amines) is 1. The van der Waals surface area contributed by atoms with Gasteiger partial charge in [0.15, 0.2) is 0 Å². The van der Waals surface area contributed by atoms with Crippen LogP contribution in [0.1, 0.15) is 19.8 Å². The van der Waals surface area contributed by atoms with E-state index in [4.69, 9.17) is 0 Å². The quantitative estimate of drug-likeness (QED) is 0.523. The molecule has 3 aromatic rings. The van der Waals surface area contributed by atoms with Gasteiger partial charge in [0.2, 0.25) is 28.6 Å². The summed E-state index contributed by atoms with van der Waals surface area (Å²) in [7, 11) is 3.99. The van der Waals surface area contributed by atoms with Crippen LogP contribution < -0.4 is 10.6 Å². The number of benzene rings is 1. The van der Waals surface area contributed by atoms with E-state index >= 15 is 0 Å². The highest BCUT2D eigenvalue weighted by Gasteiger charge is 2.34. The predicted octanol–water partition coefficient (Wildman–Crippen LogP) is 2.15. The van der Waals surface area contributed by atoms with Crippen LogP contribution in [0.15, 0.2) is 29.6 Å². The molecule has 10 nitrogen and oxygen atoms in total. The minimum Gasteiger partial charge on any atom is -0.342 e. The molecule has 11 heteroatoms. The Morgan fingerprint density at radius 3 is 2.67 bits per heavy atom. The summed E-state index contributed by atoms with van der Waals surface area (Å²) < 4.78 is 1.68. The average Bonchev–Trinajstić information content (AvgIpc) is 3.42. The van der Waals surface area contributed by atoms with Crippen molar-refractivity contribution in [3.05, 3.63) is 29.6 Å². The van der Waals surface area contributed by atoms with Gasteiger partial charge in [-0.05, 0) is 39.2 Å². The van der Waals surface area contributed by atoms with Crippen molar-refractivity contribution in [2.45, 2.75) is 19.8 Å². The molecule has 1 aromatic carbocycles. The SMILES string of the molecule is CC(=O)Nc1ccc(-c2csc3nc(NC(=O)C4CC(=O)N(CCCN(C)C)C4)nn23)cc1. The lowest BCUT2D eigenvalue weighted by molar-refractivity contribution is -0.128. The Labute approximate surface area is 195 Å². The van der Waals surface area contributed by atoms with E-state index in [1.54, 1.807) is 9.42 Å². The maximum atomic E-state index is 12.7. The first-order valence-electron chi connectivity index (χ1n) is 10.8. The van der Waals surface area contributed by atoms with E-state index in [0.29, 0.717) is 23.7 Å². The third kappa shape index (κ3) is 5.37. The molecule has 174 valence electrons. The number of aromatic nitrogens is 3. The van der Waals surface area contributed by atoms with Gasteiger partial charge < -0.3 is 15.1 Å². The monoisotopic (exact) mass is 469 g/mol. The van der Waals surface area contributed by atoms with Crippen molar-refractivity contribution in [2.75, 3.05) is 44.4 Å². The van der Waals surface area contributed by atoms with Crippen LogP contribution in [0.25, 0.3) is 16.2 Å². The third-order valence-electron chi connectivity index (χ3n) is 5.44. The van der Waals surface area contributed by atoms with Gasteiger partial charge in [-0.1, -0.05) is 12.1 Å². The molecule has 4 rings (SSSR count). The number of rotatable bonds is 8. The fraction of sp³-hybridized carbons (Fsp3) is 0.409. The standard InChI is InChI=1S/C22H27N7O3S/c1-14(30)23-17-7-5-15(6-8-17)18-13-33-22-25-21(26-29(18)22)24-20(32)16-11-19(31)28(12-16)10-4-9-27(2)3/h5-8,13,16H,4,9-12H2,1-3H3,(H,23,30)(H,24,26,32). The Bertz CT molecular complexity index is 1170. The minimum absolute atomic E-state index is 0.0117. The van der Waals surface area contributed by atoms with Gasteiger partial charge in [0.25, 0.3) is 0 Å². The van der Waals surface area contributed by atoms with Gasteiger partial charge in [0.05, 0.1) is 11.6 Å². The summed E-state index contributed by atoms with van der Waals surface area (Å²) in [6.07, 6.45) is 1.09. The Kier molecular flexibility index (Phi) is 6.70. The first-order chi connectivity index (χ1) is 15.8. The second kappa shape index (κ2) is 9.67. The molecule has 33 heavy (non-hydrogen) atoms. The summed E-state index contributed by atoms with van der Waals surface area (Å²) >= 11 is 1.42. The number of thiazole rings is 1. The number of fused-ring (bicyclic) bond motifs is 1. The van der Waals surface area contributed by atoms with Gasteiger partial charge in [-0.15, -0.1) is 16.4 Å². The number of hydrogen-bond donors (Lipinski definition) is 2. The molecule has 3 heterocycles. The van der Waals surface area contributed by atoms with Crippen molar-refractivity contribution in [3.8, 4) is 11.3 Å². The predicted molar refractivity (Wildman–Crippen MR) is 127 cm³/mol. The zero-order chi connectivity index (χ0) is 23.5. The summed E-state index contributed by atoms with van der Waals surface area (Å²) in [5.74, 6) is -0.533. The van der Waals surface area contributed by atoms with Crippen LogP contribution in [0.4, 0.5) is 11.6 Å². The number of carbonyl (C=O) groups excluding carboxylic acids is 3. The maximum absolute atomic E-state index is 12.7. The molecule has 0 saturated carbocycles. The molecule has 2 N–H and O–H groups in total. The molecule has 1 atom stereocenters. The smallest absolute Gasteiger partial charge is 0.250 e. The van der Waals surface area contributed by atoms with Crippen molar-refractivity contribution >= 4 is 45.7 Å². The summed E-state index contributed by atoms with van der Waals surface area (Å²) in [6.45, 7) is 3.44. The van der Waals surface area contributed by atoms with Crippen LogP contribution in [0.2, 0.25) is 0 Å². The minimum atomic E-state index is -0.404. The van der Waals surface area contributed by atoms with Gasteiger partial charge in [0.1, 0.15) is 0 Å². The molecule has 2 aromatic heterocycles. The van der Waals surface area contributed by atoms with Crippen LogP contribution in [0.5, 0.6) is 0 Å². The Balaban J connectivity index is 1.41. The van der Waals surface area contributed by atoms with Crippen molar-refractivity contribution in [3.63, 3.8) is 0 Å². The van der Waals surface area contributed by atoms with Crippen molar-refractivity contribution in [1.82, 2.24) is 24.4 Å². The molecule has 0 spiro atoms. The van der Waals surface area contributed by atoms with E-state index < -0.39 is 5.92 Å². The van der Waals surface area contributed by atoms with E-state index in [-0.39, 0.29) is 30.1 Å². The van der Waals surface area contributed by atoms with Crippen LogP contribution in [-0.4, -0.2) is 75.8 Å². The second-order valence-corrected chi connectivity index (χ2v) is 9.23. The molecule has 0 radical (unpaired) electrons. The highest BCUT2D eigenvalue weighted by Crippen LogP contribution is 2.27. The molecule has 1 aliphatic rings. The van der Waals surface area contributed by atoms with Crippen molar-refractivity contribution < 1.29 is 14.4 Å². The van der Waals surface area contributed by atoms with Gasteiger partial charge in [-0.25, -0.2) is 4.52 Å². The van der Waals surface area contributed by atoms with Crippen LogP contribution in [-0.2, 0) is 14.4 Å². The van der Waals surface area contributed by atoms with E-state index in [1.807, 2.05) is 43.7 Å². The van der Waals surface area contributed by atoms with Crippen LogP contribution in [0.3, 0.4) is 0 Å². The highest BCUT2D eigenvalue weighted by molar-refractivity contribution is 7.15. The average molecular weight is 470 g/mol. The lowest BCUT2D eigenvalue weighted by Gasteiger charge is -2.17. The number of amides is 3. The lowest BCUT2D eigenvalue weighted by Crippen LogP contribution is -2.30. The molecule has 0 aliphatic carbocycles. The Hall–Kier alpha value is -3.31. The summed E-state index contributed by atoms with van der Waals surface area (Å²) in [6, 6.07) is 7.42. The fourth-order valence-corrected chi connectivity index (χ4v) is 4.65. The number of nitrogens with zero attached hydrogens (tertiary/aromatic N) is 5. The molecular weight excluding hydrogens is 442 g/mol. The molecule has 1 fully saturated rings. The Morgan fingerprint density at radius 1 is 1.21 bits per heavy atom. The highest BCUT2D eigenvalue weighted by atomic mass is 32.1. The van der Waals surface area contributed by atoms with E-state index in [9.17, 15) is 14.4 Å². The molecular formula is C22H27N7O3S. The van der Waals surface area contributed by atoms with Crippen molar-refractivity contribution in [2.24, 2.45) is 5.92 Å². The molecule has 1 aliphatic heterocycles. The van der Waals surface area contributed by atoms with E-state index in [2.05, 4.69) is 25.6 Å². The normalized spacial score (nSPS) is 16.1. The molecule has 0 bridgehead atoms. The Morgan fingerprint density at radius 2 is 1.97 bits per heavy atom. The maximum Gasteiger partial charge on any atom is 0.250 e. The van der Waals surface area contributed by atoms with Crippen molar-refractivity contribution in [1.29, 1.82) is 0 Å². The topological polar surface area (TPSA) is 112 Å². The van der Waals surface area contributed by atoms with Crippen LogP contribution >= 0.6 is 11.3 Å². The molecule has 3 amide bonds. The first-order valence-corrected chi connectivity index (χ1v) is 11.6. The molecule has 1 unspecified atom stereocenters. The number of hydrogen-bond acceptors (Lipinski definition) is 7. The zero-order valence-corrected chi connectivity index (χ0v) is 19.7. The van der Waals surface area contributed by atoms with E-state index in [0.717, 1.165) is 24.2 Å². The first kappa shape index (κ1) is 22.9. The van der Waals surface area contributed by atoms with E-state index in [1.165, 1.54) is 18.3 Å². The van der Waals surface area contributed by atoms with Gasteiger partial charge in [-0.2, -0.15) is 4.98 Å². The summed E-state index contributed by atoms with van der Waals surface area (Å²) in [5.41, 5.74) is 2.46. The number of anilines is 2. The van der Waals surface area contributed by atoms with Gasteiger partial charge in [-0.3, -0.25) is 19.7 Å². The molecule has 1 saturated heterocycles. The fourth-order valence-electron chi connectivity index (χ4n) is 3.81. The summed E-state index contributed by atoms with van der Waals surface area (Å²) in [4.78, 5) is 45.1. The van der Waals surface area contributed by atoms with Gasteiger partial charge >= 0.3 is 0 Å².